The SMILES string of the molecule is N#C/C(=C\c1cnn(Cc2ccccc2Cl)c1)C(=O)NC1CC1. The Morgan fingerprint density at radius 3 is 2.96 bits per heavy atom. The fourth-order valence-corrected chi connectivity index (χ4v) is 2.34. The Morgan fingerprint density at radius 2 is 2.26 bits per heavy atom. The molecule has 1 aromatic carbocycles. The van der Waals surface area contributed by atoms with Crippen molar-refractivity contribution in [2.75, 3.05) is 0 Å². The molecule has 1 N–H and O–H groups in total. The van der Waals surface area contributed by atoms with Crippen molar-refractivity contribution >= 4 is 23.6 Å². The Labute approximate surface area is 139 Å². The second-order valence-corrected chi connectivity index (χ2v) is 5.89. The van der Waals surface area contributed by atoms with Crippen LogP contribution in [0.2, 0.25) is 5.02 Å². The number of nitrogens with zero attached hydrogens (tertiary/aromatic N) is 3. The van der Waals surface area contributed by atoms with E-state index in [0.29, 0.717) is 17.1 Å². The van der Waals surface area contributed by atoms with Crippen LogP contribution in [-0.4, -0.2) is 21.7 Å². The lowest BCUT2D eigenvalue weighted by molar-refractivity contribution is -0.117. The largest absolute Gasteiger partial charge is 0.349 e. The topological polar surface area (TPSA) is 70.7 Å². The molecule has 0 unspecified atom stereocenters. The predicted molar refractivity (Wildman–Crippen MR) is 87.5 cm³/mol. The van der Waals surface area contributed by atoms with E-state index in [0.717, 1.165) is 18.4 Å². The summed E-state index contributed by atoms with van der Waals surface area (Å²) in [5.41, 5.74) is 1.76. The summed E-state index contributed by atoms with van der Waals surface area (Å²) < 4.78 is 1.72. The summed E-state index contributed by atoms with van der Waals surface area (Å²) in [6, 6.07) is 9.73. The third kappa shape index (κ3) is 3.99. The van der Waals surface area contributed by atoms with Crippen LogP contribution in [0.25, 0.3) is 6.08 Å². The van der Waals surface area contributed by atoms with Crippen LogP contribution in [0.1, 0.15) is 24.0 Å². The summed E-state index contributed by atoms with van der Waals surface area (Å²) in [5.74, 6) is -0.325. The molecule has 0 aliphatic heterocycles. The van der Waals surface area contributed by atoms with Crippen LogP contribution in [0.4, 0.5) is 0 Å². The fraction of sp³-hybridized carbons (Fsp3) is 0.235. The molecule has 1 amide bonds. The van der Waals surface area contributed by atoms with Crippen molar-refractivity contribution in [1.29, 1.82) is 5.26 Å². The van der Waals surface area contributed by atoms with Gasteiger partial charge in [-0.05, 0) is 30.5 Å². The predicted octanol–water partition coefficient (Wildman–Crippen LogP) is 2.77. The number of nitrogens with one attached hydrogen (secondary N) is 1. The van der Waals surface area contributed by atoms with E-state index in [1.54, 1.807) is 23.2 Å². The second kappa shape index (κ2) is 6.67. The Kier molecular flexibility index (Phi) is 4.45. The van der Waals surface area contributed by atoms with Gasteiger partial charge in [-0.25, -0.2) is 0 Å². The van der Waals surface area contributed by atoms with Gasteiger partial charge in [-0.2, -0.15) is 10.4 Å². The molecule has 1 saturated carbocycles. The zero-order valence-electron chi connectivity index (χ0n) is 12.4. The molecule has 0 bridgehead atoms. The van der Waals surface area contributed by atoms with Gasteiger partial charge in [0.25, 0.3) is 5.91 Å². The number of aromatic nitrogens is 2. The van der Waals surface area contributed by atoms with Gasteiger partial charge in [0.15, 0.2) is 0 Å². The summed E-state index contributed by atoms with van der Waals surface area (Å²) in [7, 11) is 0. The molecule has 6 heteroatoms. The van der Waals surface area contributed by atoms with Crippen LogP contribution in [0.5, 0.6) is 0 Å². The molecule has 0 spiro atoms. The van der Waals surface area contributed by atoms with Crippen LogP contribution in [0.15, 0.2) is 42.2 Å². The Morgan fingerprint density at radius 1 is 1.48 bits per heavy atom. The molecule has 1 aromatic heterocycles. The number of halogens is 1. The number of nitriles is 1. The van der Waals surface area contributed by atoms with Gasteiger partial charge in [0.05, 0.1) is 12.7 Å². The first kappa shape index (κ1) is 15.3. The minimum Gasteiger partial charge on any atom is -0.349 e. The lowest BCUT2D eigenvalue weighted by Crippen LogP contribution is -2.26. The van der Waals surface area contributed by atoms with Crippen molar-refractivity contribution in [1.82, 2.24) is 15.1 Å². The summed E-state index contributed by atoms with van der Waals surface area (Å²) in [6.45, 7) is 0.531. The average Bonchev–Trinajstić information content (AvgIpc) is 3.24. The maximum atomic E-state index is 11.9. The highest BCUT2D eigenvalue weighted by Gasteiger charge is 2.24. The van der Waals surface area contributed by atoms with Crippen molar-refractivity contribution in [3.63, 3.8) is 0 Å². The monoisotopic (exact) mass is 326 g/mol. The molecule has 0 atom stereocenters. The van der Waals surface area contributed by atoms with E-state index in [-0.39, 0.29) is 17.5 Å². The summed E-state index contributed by atoms with van der Waals surface area (Å²) in [5, 5.41) is 16.9. The highest BCUT2D eigenvalue weighted by atomic mass is 35.5. The van der Waals surface area contributed by atoms with Crippen molar-refractivity contribution in [2.24, 2.45) is 0 Å². The summed E-state index contributed by atoms with van der Waals surface area (Å²) >= 11 is 6.13. The number of carbonyl (C=O) groups is 1. The van der Waals surface area contributed by atoms with E-state index in [2.05, 4.69) is 10.4 Å². The van der Waals surface area contributed by atoms with Crippen LogP contribution < -0.4 is 5.32 Å². The highest BCUT2D eigenvalue weighted by molar-refractivity contribution is 6.31. The molecule has 0 saturated heterocycles. The number of hydrogen-bond donors (Lipinski definition) is 1. The number of carbonyl (C=O) groups excluding carboxylic acids is 1. The molecule has 2 aromatic rings. The maximum absolute atomic E-state index is 11.9. The smallest absolute Gasteiger partial charge is 0.262 e. The fourth-order valence-electron chi connectivity index (χ4n) is 2.15. The molecule has 1 heterocycles. The van der Waals surface area contributed by atoms with Gasteiger partial charge in [-0.3, -0.25) is 9.48 Å². The first-order valence-electron chi connectivity index (χ1n) is 7.34. The number of benzene rings is 1. The van der Waals surface area contributed by atoms with Gasteiger partial charge in [0.1, 0.15) is 11.6 Å². The van der Waals surface area contributed by atoms with E-state index in [1.165, 1.54) is 0 Å². The van der Waals surface area contributed by atoms with Crippen molar-refractivity contribution in [3.05, 3.63) is 58.4 Å². The molecular weight excluding hydrogens is 312 g/mol. The zero-order chi connectivity index (χ0) is 16.2. The van der Waals surface area contributed by atoms with E-state index < -0.39 is 0 Å². The molecular formula is C17H15ClN4O. The summed E-state index contributed by atoms with van der Waals surface area (Å²) in [4.78, 5) is 11.9. The lowest BCUT2D eigenvalue weighted by Gasteiger charge is -2.03. The van der Waals surface area contributed by atoms with Gasteiger partial charge in [0.2, 0.25) is 0 Å². The van der Waals surface area contributed by atoms with Crippen LogP contribution >= 0.6 is 11.6 Å². The zero-order valence-corrected chi connectivity index (χ0v) is 13.1. The minimum absolute atomic E-state index is 0.0918. The molecule has 5 nitrogen and oxygen atoms in total. The molecule has 1 aliphatic carbocycles. The maximum Gasteiger partial charge on any atom is 0.262 e. The standard InChI is InChI=1S/C17H15ClN4O/c18-16-4-2-1-3-13(16)11-22-10-12(9-20-22)7-14(8-19)17(23)21-15-5-6-15/h1-4,7,9-10,15H,5-6,11H2,(H,21,23)/b14-7+. The molecule has 23 heavy (non-hydrogen) atoms. The number of amides is 1. The third-order valence-electron chi connectivity index (χ3n) is 3.53. The molecule has 1 fully saturated rings. The lowest BCUT2D eigenvalue weighted by atomic mass is 10.2. The van der Waals surface area contributed by atoms with Crippen molar-refractivity contribution in [3.8, 4) is 6.07 Å². The first-order chi connectivity index (χ1) is 11.2. The first-order valence-corrected chi connectivity index (χ1v) is 7.72. The van der Waals surface area contributed by atoms with Crippen LogP contribution in [-0.2, 0) is 11.3 Å². The minimum atomic E-state index is -0.325. The molecule has 3 rings (SSSR count). The number of rotatable bonds is 5. The van der Waals surface area contributed by atoms with E-state index in [4.69, 9.17) is 16.9 Å². The van der Waals surface area contributed by atoms with Gasteiger partial charge in [-0.15, -0.1) is 0 Å². The second-order valence-electron chi connectivity index (χ2n) is 5.48. The van der Waals surface area contributed by atoms with Gasteiger partial charge in [0, 0.05) is 22.8 Å². The van der Waals surface area contributed by atoms with E-state index >= 15 is 0 Å². The highest BCUT2D eigenvalue weighted by Crippen LogP contribution is 2.20. The van der Waals surface area contributed by atoms with Crippen molar-refractivity contribution in [2.45, 2.75) is 25.4 Å². The molecule has 0 radical (unpaired) electrons. The van der Waals surface area contributed by atoms with Crippen LogP contribution in [0.3, 0.4) is 0 Å². The van der Waals surface area contributed by atoms with E-state index in [1.807, 2.05) is 30.3 Å². The Balaban J connectivity index is 1.73. The van der Waals surface area contributed by atoms with E-state index in [9.17, 15) is 4.79 Å². The summed E-state index contributed by atoms with van der Waals surface area (Å²) in [6.07, 6.45) is 6.93. The van der Waals surface area contributed by atoms with Crippen LogP contribution in [0, 0.1) is 11.3 Å². The Bertz CT molecular complexity index is 799. The molecule has 116 valence electrons. The average molecular weight is 327 g/mol. The molecule has 1 aliphatic rings. The van der Waals surface area contributed by atoms with Gasteiger partial charge >= 0.3 is 0 Å². The van der Waals surface area contributed by atoms with Gasteiger partial charge < -0.3 is 5.32 Å². The normalized spacial score (nSPS) is 14.3. The number of hydrogen-bond acceptors (Lipinski definition) is 3. The quantitative estimate of drug-likeness (QED) is 0.678. The van der Waals surface area contributed by atoms with Crippen molar-refractivity contribution < 1.29 is 4.79 Å². The Hall–Kier alpha value is -2.58. The third-order valence-corrected chi connectivity index (χ3v) is 3.90. The van der Waals surface area contributed by atoms with Gasteiger partial charge in [-0.1, -0.05) is 29.8 Å².